The van der Waals surface area contributed by atoms with Crippen molar-refractivity contribution in [2.24, 2.45) is 5.41 Å². The number of carbonyl (C=O) groups excluding carboxylic acids is 2. The normalized spacial score (nSPS) is 20.4. The Balaban J connectivity index is 2.08. The molecule has 0 aliphatic carbocycles. The van der Waals surface area contributed by atoms with Gasteiger partial charge < -0.3 is 15.1 Å². The van der Waals surface area contributed by atoms with Crippen LogP contribution in [0.3, 0.4) is 0 Å². The molecule has 138 valence electrons. The molecule has 1 aromatic rings. The van der Waals surface area contributed by atoms with Crippen molar-refractivity contribution in [3.05, 3.63) is 24.3 Å². The van der Waals surface area contributed by atoms with Crippen LogP contribution < -0.4 is 5.32 Å². The second-order valence-corrected chi connectivity index (χ2v) is 6.98. The van der Waals surface area contributed by atoms with Gasteiger partial charge in [0.1, 0.15) is 0 Å². The number of aromatic nitrogens is 2. The first-order valence-corrected chi connectivity index (χ1v) is 8.87. The molecule has 0 radical (unpaired) electrons. The maximum absolute atomic E-state index is 12.9. The minimum atomic E-state index is -0.493. The van der Waals surface area contributed by atoms with Gasteiger partial charge in [-0.3, -0.25) is 19.6 Å². The van der Waals surface area contributed by atoms with Gasteiger partial charge in [0.05, 0.1) is 17.7 Å². The van der Waals surface area contributed by atoms with Gasteiger partial charge in [-0.1, -0.05) is 0 Å². The summed E-state index contributed by atoms with van der Waals surface area (Å²) in [7, 11) is 5.35. The first-order valence-electron chi connectivity index (χ1n) is 8.87. The molecule has 2 heterocycles. The summed E-state index contributed by atoms with van der Waals surface area (Å²) in [5, 5.41) is 2.91. The zero-order valence-electron chi connectivity index (χ0n) is 15.5. The molecule has 1 aromatic heterocycles. The maximum atomic E-state index is 12.9. The molecule has 25 heavy (non-hydrogen) atoms. The molecule has 1 fully saturated rings. The van der Waals surface area contributed by atoms with Gasteiger partial charge >= 0.3 is 0 Å². The predicted molar refractivity (Wildman–Crippen MR) is 95.8 cm³/mol. The van der Waals surface area contributed by atoms with Crippen LogP contribution in [0.25, 0.3) is 0 Å². The lowest BCUT2D eigenvalue weighted by atomic mass is 9.74. The average Bonchev–Trinajstić information content (AvgIpc) is 2.62. The lowest BCUT2D eigenvalue weighted by Crippen LogP contribution is -2.54. The lowest BCUT2D eigenvalue weighted by Gasteiger charge is -2.43. The first kappa shape index (κ1) is 19.3. The largest absolute Gasteiger partial charge is 0.348 e. The molecule has 7 heteroatoms. The summed E-state index contributed by atoms with van der Waals surface area (Å²) in [5.41, 5.74) is 0.446. The number of piperidine rings is 1. The second kappa shape index (κ2) is 8.89. The number of carbonyl (C=O) groups is 2. The summed E-state index contributed by atoms with van der Waals surface area (Å²) >= 11 is 0. The van der Waals surface area contributed by atoms with Crippen molar-refractivity contribution in [2.75, 3.05) is 40.8 Å². The van der Waals surface area contributed by atoms with Crippen molar-refractivity contribution in [3.63, 3.8) is 0 Å². The third-order valence-corrected chi connectivity index (χ3v) is 4.82. The molecule has 1 aliphatic rings. The van der Waals surface area contributed by atoms with E-state index in [-0.39, 0.29) is 11.8 Å². The Bertz CT molecular complexity index is 578. The number of rotatable bonds is 7. The van der Waals surface area contributed by atoms with Gasteiger partial charge in [-0.15, -0.1) is 0 Å². The highest BCUT2D eigenvalue weighted by molar-refractivity contribution is 5.84. The van der Waals surface area contributed by atoms with Crippen molar-refractivity contribution >= 4 is 11.8 Å². The smallest absolute Gasteiger partial charge is 0.236 e. The Hall–Kier alpha value is -2.02. The molecule has 2 rings (SSSR count). The van der Waals surface area contributed by atoms with Crippen molar-refractivity contribution in [1.82, 2.24) is 25.1 Å². The van der Waals surface area contributed by atoms with E-state index in [0.29, 0.717) is 13.1 Å². The number of likely N-dealkylation sites (N-methyl/N-ethyl adjacent to an activating group) is 1. The molecule has 1 saturated heterocycles. The summed E-state index contributed by atoms with van der Waals surface area (Å²) in [6, 6.07) is 0. The van der Waals surface area contributed by atoms with Crippen LogP contribution in [0.1, 0.15) is 31.4 Å². The monoisotopic (exact) mass is 347 g/mol. The third kappa shape index (κ3) is 4.98. The number of hydrogen-bond donors (Lipinski definition) is 1. The van der Waals surface area contributed by atoms with Crippen LogP contribution in [0.4, 0.5) is 0 Å². The molecule has 0 spiro atoms. The van der Waals surface area contributed by atoms with E-state index >= 15 is 0 Å². The van der Waals surface area contributed by atoms with Crippen LogP contribution in [-0.4, -0.2) is 72.4 Å². The summed E-state index contributed by atoms with van der Waals surface area (Å²) in [6.45, 7) is 1.55. The molecule has 0 saturated carbocycles. The molecule has 1 aliphatic heterocycles. The molecular formula is C18H29N5O2. The SMILES string of the molecule is CNCC(=O)N1CCC[C@@](CCCc2cnccn2)(C(=O)N(C)C)C1. The Labute approximate surface area is 149 Å². The minimum Gasteiger partial charge on any atom is -0.348 e. The highest BCUT2D eigenvalue weighted by atomic mass is 16.2. The van der Waals surface area contributed by atoms with E-state index in [0.717, 1.165) is 44.3 Å². The fraction of sp³-hybridized carbons (Fsp3) is 0.667. The summed E-state index contributed by atoms with van der Waals surface area (Å²) in [4.78, 5) is 37.1. The molecule has 7 nitrogen and oxygen atoms in total. The van der Waals surface area contributed by atoms with Crippen LogP contribution in [0.2, 0.25) is 0 Å². The fourth-order valence-electron chi connectivity index (χ4n) is 3.63. The maximum Gasteiger partial charge on any atom is 0.236 e. The quantitative estimate of drug-likeness (QED) is 0.786. The van der Waals surface area contributed by atoms with Crippen molar-refractivity contribution in [3.8, 4) is 0 Å². The molecular weight excluding hydrogens is 318 g/mol. The standard InChI is InChI=1S/C18H29N5O2/c1-19-13-16(24)23-11-5-8-18(14-23,17(25)22(2)3)7-4-6-15-12-20-9-10-21-15/h9-10,12,19H,4-8,11,13-14H2,1-3H3/t18-/m1/s1. The number of hydrogen-bond acceptors (Lipinski definition) is 5. The second-order valence-electron chi connectivity index (χ2n) is 6.98. The summed E-state index contributed by atoms with van der Waals surface area (Å²) in [6.07, 6.45) is 9.21. The van der Waals surface area contributed by atoms with Gasteiger partial charge in [0.2, 0.25) is 11.8 Å². The van der Waals surface area contributed by atoms with E-state index in [2.05, 4.69) is 15.3 Å². The van der Waals surface area contributed by atoms with Gasteiger partial charge in [0, 0.05) is 45.8 Å². The third-order valence-electron chi connectivity index (χ3n) is 4.82. The number of aryl methyl sites for hydroxylation is 1. The number of nitrogens with one attached hydrogen (secondary N) is 1. The van der Waals surface area contributed by atoms with Crippen LogP contribution >= 0.6 is 0 Å². The fourth-order valence-corrected chi connectivity index (χ4v) is 3.63. The first-order chi connectivity index (χ1) is 12.0. The Morgan fingerprint density at radius 1 is 1.36 bits per heavy atom. The molecule has 1 N–H and O–H groups in total. The van der Waals surface area contributed by atoms with Crippen LogP contribution in [0, 0.1) is 5.41 Å². The summed E-state index contributed by atoms with van der Waals surface area (Å²) in [5.74, 6) is 0.181. The number of amides is 2. The average molecular weight is 347 g/mol. The Morgan fingerprint density at radius 2 is 2.16 bits per heavy atom. The topological polar surface area (TPSA) is 78.4 Å². The van der Waals surface area contributed by atoms with E-state index in [1.807, 2.05) is 4.90 Å². The zero-order chi connectivity index (χ0) is 18.3. The highest BCUT2D eigenvalue weighted by Crippen LogP contribution is 2.36. The van der Waals surface area contributed by atoms with E-state index in [9.17, 15) is 9.59 Å². The molecule has 0 unspecified atom stereocenters. The van der Waals surface area contributed by atoms with E-state index in [4.69, 9.17) is 0 Å². The van der Waals surface area contributed by atoms with Crippen molar-refractivity contribution in [2.45, 2.75) is 32.1 Å². The number of nitrogens with zero attached hydrogens (tertiary/aromatic N) is 4. The van der Waals surface area contributed by atoms with E-state index < -0.39 is 5.41 Å². The Morgan fingerprint density at radius 3 is 2.80 bits per heavy atom. The van der Waals surface area contributed by atoms with Crippen molar-refractivity contribution < 1.29 is 9.59 Å². The van der Waals surface area contributed by atoms with E-state index in [1.165, 1.54) is 0 Å². The van der Waals surface area contributed by atoms with Gasteiger partial charge in [-0.05, 0) is 39.2 Å². The molecule has 0 aromatic carbocycles. The van der Waals surface area contributed by atoms with Gasteiger partial charge in [-0.2, -0.15) is 0 Å². The Kier molecular flexibility index (Phi) is 6.87. The molecule has 0 bridgehead atoms. The zero-order valence-corrected chi connectivity index (χ0v) is 15.5. The van der Waals surface area contributed by atoms with Gasteiger partial charge in [-0.25, -0.2) is 0 Å². The van der Waals surface area contributed by atoms with Gasteiger partial charge in [0.25, 0.3) is 0 Å². The van der Waals surface area contributed by atoms with Crippen LogP contribution in [-0.2, 0) is 16.0 Å². The molecule has 2 amide bonds. The van der Waals surface area contributed by atoms with Gasteiger partial charge in [0.15, 0.2) is 0 Å². The van der Waals surface area contributed by atoms with E-state index in [1.54, 1.807) is 44.6 Å². The molecule has 1 atom stereocenters. The van der Waals surface area contributed by atoms with Crippen LogP contribution in [0.5, 0.6) is 0 Å². The summed E-state index contributed by atoms with van der Waals surface area (Å²) < 4.78 is 0. The minimum absolute atomic E-state index is 0.0621. The highest BCUT2D eigenvalue weighted by Gasteiger charge is 2.43. The predicted octanol–water partition coefficient (Wildman–Crippen LogP) is 0.716. The van der Waals surface area contributed by atoms with Crippen molar-refractivity contribution in [1.29, 1.82) is 0 Å². The number of likely N-dealkylation sites (tertiary alicyclic amines) is 1. The lowest BCUT2D eigenvalue weighted by molar-refractivity contribution is -0.147. The van der Waals surface area contributed by atoms with Crippen LogP contribution in [0.15, 0.2) is 18.6 Å².